The number of hydrogen-bond acceptors (Lipinski definition) is 7. The Morgan fingerprint density at radius 3 is 2.66 bits per heavy atom. The number of carbonyl (C=O) groups is 1. The van der Waals surface area contributed by atoms with Crippen LogP contribution in [0.5, 0.6) is 11.6 Å². The highest BCUT2D eigenvalue weighted by atomic mass is 32.1. The third kappa shape index (κ3) is 6.13. The van der Waals surface area contributed by atoms with Gasteiger partial charge >= 0.3 is 0 Å². The van der Waals surface area contributed by atoms with Gasteiger partial charge in [-0.05, 0) is 52.0 Å². The molecule has 1 aromatic carbocycles. The quantitative estimate of drug-likeness (QED) is 0.544. The molecule has 1 N–H and O–H groups in total. The number of anilines is 1. The lowest BCUT2D eigenvalue weighted by Crippen LogP contribution is -2.22. The van der Waals surface area contributed by atoms with Crippen LogP contribution in [-0.2, 0) is 4.74 Å². The molecule has 0 atom stereocenters. The number of carbonyl (C=O) groups excluding carboxylic acids is 1. The van der Waals surface area contributed by atoms with Gasteiger partial charge in [-0.2, -0.15) is 0 Å². The van der Waals surface area contributed by atoms with E-state index < -0.39 is 0 Å². The van der Waals surface area contributed by atoms with Crippen molar-refractivity contribution < 1.29 is 19.0 Å². The third-order valence-corrected chi connectivity index (χ3v) is 4.69. The Kier molecular flexibility index (Phi) is 6.66. The van der Waals surface area contributed by atoms with Gasteiger partial charge in [0, 0.05) is 12.3 Å². The number of nitrogens with zero attached hydrogens (tertiary/aromatic N) is 2. The van der Waals surface area contributed by atoms with Gasteiger partial charge in [0.15, 0.2) is 5.13 Å². The summed E-state index contributed by atoms with van der Waals surface area (Å²) in [5.74, 6) is 0.959. The van der Waals surface area contributed by atoms with Gasteiger partial charge < -0.3 is 14.2 Å². The van der Waals surface area contributed by atoms with Crippen molar-refractivity contribution in [2.24, 2.45) is 0 Å². The van der Waals surface area contributed by atoms with Crippen molar-refractivity contribution in [3.05, 3.63) is 42.1 Å². The number of ether oxygens (including phenoxy) is 3. The lowest BCUT2D eigenvalue weighted by molar-refractivity contribution is -0.0168. The molecule has 29 heavy (non-hydrogen) atoms. The molecule has 0 aliphatic heterocycles. The smallest absolute Gasteiger partial charge is 0.259 e. The van der Waals surface area contributed by atoms with E-state index in [-0.39, 0.29) is 11.5 Å². The minimum absolute atomic E-state index is 0.204. The number of amides is 1. The van der Waals surface area contributed by atoms with E-state index in [2.05, 4.69) is 15.3 Å². The zero-order valence-electron chi connectivity index (χ0n) is 17.0. The van der Waals surface area contributed by atoms with Gasteiger partial charge in [0.2, 0.25) is 5.88 Å². The van der Waals surface area contributed by atoms with E-state index in [4.69, 9.17) is 14.2 Å². The zero-order valence-corrected chi connectivity index (χ0v) is 17.8. The third-order valence-electron chi connectivity index (χ3n) is 3.76. The van der Waals surface area contributed by atoms with E-state index in [0.29, 0.717) is 36.4 Å². The van der Waals surface area contributed by atoms with Crippen molar-refractivity contribution in [3.8, 4) is 11.6 Å². The van der Waals surface area contributed by atoms with Crippen molar-refractivity contribution in [1.29, 1.82) is 0 Å². The fourth-order valence-corrected chi connectivity index (χ4v) is 3.37. The summed E-state index contributed by atoms with van der Waals surface area (Å²) in [6.07, 6.45) is 1.48. The van der Waals surface area contributed by atoms with Crippen LogP contribution in [0.2, 0.25) is 0 Å². The molecular formula is C21H25N3O4S. The lowest BCUT2D eigenvalue weighted by atomic mass is 10.2. The fraction of sp³-hybridized carbons (Fsp3) is 0.381. The van der Waals surface area contributed by atoms with Crippen LogP contribution in [0.15, 0.2) is 36.5 Å². The van der Waals surface area contributed by atoms with E-state index >= 15 is 0 Å². The van der Waals surface area contributed by atoms with Gasteiger partial charge in [0.25, 0.3) is 5.91 Å². The molecule has 0 unspecified atom stereocenters. The van der Waals surface area contributed by atoms with Crippen LogP contribution in [0, 0.1) is 0 Å². The van der Waals surface area contributed by atoms with Crippen molar-refractivity contribution in [2.75, 3.05) is 25.1 Å². The lowest BCUT2D eigenvalue weighted by Gasteiger charge is -2.19. The number of hydrogen-bond donors (Lipinski definition) is 1. The summed E-state index contributed by atoms with van der Waals surface area (Å²) in [6.45, 7) is 9.37. The number of aromatic nitrogens is 2. The fourth-order valence-electron chi connectivity index (χ4n) is 2.48. The molecule has 0 aliphatic carbocycles. The largest absolute Gasteiger partial charge is 0.494 e. The molecule has 2 aromatic heterocycles. The van der Waals surface area contributed by atoms with Crippen molar-refractivity contribution in [1.82, 2.24) is 9.97 Å². The Morgan fingerprint density at radius 1 is 1.14 bits per heavy atom. The Hall–Kier alpha value is -2.71. The maximum atomic E-state index is 12.5. The number of nitrogens with one attached hydrogen (secondary N) is 1. The summed E-state index contributed by atoms with van der Waals surface area (Å²) in [6, 6.07) is 9.00. The highest BCUT2D eigenvalue weighted by molar-refractivity contribution is 7.22. The second-order valence-electron chi connectivity index (χ2n) is 7.23. The van der Waals surface area contributed by atoms with E-state index in [1.54, 1.807) is 12.1 Å². The first-order valence-corrected chi connectivity index (χ1v) is 10.2. The average Bonchev–Trinajstić information content (AvgIpc) is 3.06. The van der Waals surface area contributed by atoms with Crippen molar-refractivity contribution in [3.63, 3.8) is 0 Å². The van der Waals surface area contributed by atoms with E-state index in [0.717, 1.165) is 16.0 Å². The van der Waals surface area contributed by atoms with Crippen LogP contribution in [0.1, 0.15) is 38.1 Å². The highest BCUT2D eigenvalue weighted by Crippen LogP contribution is 2.29. The van der Waals surface area contributed by atoms with Crippen LogP contribution in [0.4, 0.5) is 5.13 Å². The second-order valence-corrected chi connectivity index (χ2v) is 8.26. The normalized spacial score (nSPS) is 11.4. The first kappa shape index (κ1) is 21.0. The molecule has 0 saturated carbocycles. The molecule has 0 fully saturated rings. The summed E-state index contributed by atoms with van der Waals surface area (Å²) >= 11 is 1.40. The molecule has 0 saturated heterocycles. The average molecular weight is 416 g/mol. The monoisotopic (exact) mass is 415 g/mol. The van der Waals surface area contributed by atoms with Crippen molar-refractivity contribution >= 4 is 32.6 Å². The molecule has 3 aromatic rings. The van der Waals surface area contributed by atoms with E-state index in [9.17, 15) is 4.79 Å². The van der Waals surface area contributed by atoms with Gasteiger partial charge in [0.1, 0.15) is 12.4 Å². The first-order valence-electron chi connectivity index (χ1n) is 9.41. The highest BCUT2D eigenvalue weighted by Gasteiger charge is 2.12. The summed E-state index contributed by atoms with van der Waals surface area (Å²) in [5, 5.41) is 3.34. The molecule has 1 amide bonds. The molecule has 0 aliphatic rings. The Morgan fingerprint density at radius 2 is 1.97 bits per heavy atom. The first-order chi connectivity index (χ1) is 13.8. The van der Waals surface area contributed by atoms with Gasteiger partial charge in [-0.3, -0.25) is 10.1 Å². The number of pyridine rings is 1. The van der Waals surface area contributed by atoms with Gasteiger partial charge in [0.05, 0.1) is 34.6 Å². The summed E-state index contributed by atoms with van der Waals surface area (Å²) in [7, 11) is 0. The predicted octanol–water partition coefficient (Wildman–Crippen LogP) is 4.54. The van der Waals surface area contributed by atoms with Crippen LogP contribution in [-0.4, -0.2) is 41.3 Å². The maximum Gasteiger partial charge on any atom is 0.259 e. The van der Waals surface area contributed by atoms with Crippen LogP contribution in [0.3, 0.4) is 0 Å². The molecule has 3 rings (SSSR count). The zero-order chi connectivity index (χ0) is 20.9. The maximum absolute atomic E-state index is 12.5. The van der Waals surface area contributed by atoms with E-state index in [1.807, 2.05) is 45.9 Å². The minimum Gasteiger partial charge on any atom is -0.494 e. The molecule has 0 spiro atoms. The number of thiazole rings is 1. The van der Waals surface area contributed by atoms with Crippen LogP contribution in [0.25, 0.3) is 10.2 Å². The van der Waals surface area contributed by atoms with Gasteiger partial charge in [-0.1, -0.05) is 11.3 Å². The number of fused-ring (bicyclic) bond motifs is 1. The molecule has 8 heteroatoms. The van der Waals surface area contributed by atoms with E-state index in [1.165, 1.54) is 17.5 Å². The molecule has 154 valence electrons. The predicted molar refractivity (Wildman–Crippen MR) is 114 cm³/mol. The summed E-state index contributed by atoms with van der Waals surface area (Å²) in [5.41, 5.74) is 1.04. The van der Waals surface area contributed by atoms with Crippen molar-refractivity contribution in [2.45, 2.75) is 33.3 Å². The molecule has 2 heterocycles. The molecule has 0 bridgehead atoms. The Bertz CT molecular complexity index is 964. The van der Waals surface area contributed by atoms with Crippen LogP contribution >= 0.6 is 11.3 Å². The minimum atomic E-state index is -0.274. The molecule has 7 nitrogen and oxygen atoms in total. The van der Waals surface area contributed by atoms with Gasteiger partial charge in [-0.15, -0.1) is 0 Å². The standard InChI is InChI=1S/C21H25N3O4S/c1-5-26-15-7-8-16-17(12-15)29-20(23-16)24-19(25)14-6-9-18(22-13-14)27-10-11-28-21(2,3)4/h6-9,12-13H,5,10-11H2,1-4H3,(H,23,24,25). The Balaban J connectivity index is 1.57. The summed E-state index contributed by atoms with van der Waals surface area (Å²) in [4.78, 5) is 21.1. The van der Waals surface area contributed by atoms with Gasteiger partial charge in [-0.25, -0.2) is 9.97 Å². The second kappa shape index (κ2) is 9.19. The number of benzene rings is 1. The van der Waals surface area contributed by atoms with Crippen LogP contribution < -0.4 is 14.8 Å². The number of rotatable bonds is 8. The Labute approximate surface area is 174 Å². The summed E-state index contributed by atoms with van der Waals surface area (Å²) < 4.78 is 17.6. The molecular weight excluding hydrogens is 390 g/mol. The SMILES string of the molecule is CCOc1ccc2nc(NC(=O)c3ccc(OCCOC(C)(C)C)nc3)sc2c1. The topological polar surface area (TPSA) is 82.6 Å². The molecule has 0 radical (unpaired) electrons.